The van der Waals surface area contributed by atoms with Gasteiger partial charge in [0.2, 0.25) is 0 Å². The van der Waals surface area contributed by atoms with Gasteiger partial charge < -0.3 is 10.1 Å². The van der Waals surface area contributed by atoms with E-state index in [1.165, 1.54) is 24.3 Å². The lowest BCUT2D eigenvalue weighted by atomic mass is 10.2. The van der Waals surface area contributed by atoms with Crippen molar-refractivity contribution in [2.75, 3.05) is 5.32 Å². The number of aryl methyl sites for hydroxylation is 1. The van der Waals surface area contributed by atoms with Crippen molar-refractivity contribution < 1.29 is 18.3 Å². The minimum atomic E-state index is -2.91. The Morgan fingerprint density at radius 3 is 2.50 bits per heavy atom. The fraction of sp³-hybridized carbons (Fsp3) is 0.200. The highest BCUT2D eigenvalue weighted by Crippen LogP contribution is 2.24. The van der Waals surface area contributed by atoms with E-state index in [9.17, 15) is 13.6 Å². The molecule has 1 aromatic heterocycles. The number of nitrogens with one attached hydrogen (secondary N) is 1. The Balaban J connectivity index is 1.76. The normalized spacial score (nSPS) is 10.9. The summed E-state index contributed by atoms with van der Waals surface area (Å²) in [4.78, 5) is 12.5. The molecule has 0 aliphatic rings. The van der Waals surface area contributed by atoms with Crippen LogP contribution in [0.1, 0.15) is 27.3 Å². The first-order valence-electron chi connectivity index (χ1n) is 8.49. The van der Waals surface area contributed by atoms with E-state index in [0.717, 1.165) is 11.3 Å². The number of benzene rings is 2. The lowest BCUT2D eigenvalue weighted by Gasteiger charge is -2.09. The third-order valence-electron chi connectivity index (χ3n) is 4.24. The van der Waals surface area contributed by atoms with Crippen LogP contribution in [-0.4, -0.2) is 22.3 Å². The summed E-state index contributed by atoms with van der Waals surface area (Å²) in [5.41, 5.74) is 3.28. The summed E-state index contributed by atoms with van der Waals surface area (Å²) in [6.45, 7) is 1.22. The molecule has 0 saturated carbocycles. The average molecular weight is 406 g/mol. The van der Waals surface area contributed by atoms with E-state index in [1.54, 1.807) is 11.6 Å². The fourth-order valence-electron chi connectivity index (χ4n) is 2.79. The number of hydrogen-bond donors (Lipinski definition) is 1. The third-order valence-corrected chi connectivity index (χ3v) is 4.61. The summed E-state index contributed by atoms with van der Waals surface area (Å²) in [6.07, 6.45) is 0. The maximum atomic E-state index is 12.5. The standard InChI is InChI=1S/C20H18ClF2N3O2/c1-12-18(13(2)26(25-12)11-15-5-3-4-6-17(15)21)24-19(27)14-7-9-16(10-8-14)28-20(22)23/h3-10,20H,11H2,1-2H3,(H,24,27). The summed E-state index contributed by atoms with van der Waals surface area (Å²) in [7, 11) is 0. The molecule has 28 heavy (non-hydrogen) atoms. The molecule has 5 nitrogen and oxygen atoms in total. The van der Waals surface area contributed by atoms with Gasteiger partial charge in [-0.2, -0.15) is 13.9 Å². The Hall–Kier alpha value is -2.93. The molecule has 1 amide bonds. The first kappa shape index (κ1) is 19.8. The van der Waals surface area contributed by atoms with Crippen molar-refractivity contribution in [3.05, 3.63) is 76.1 Å². The second-order valence-electron chi connectivity index (χ2n) is 6.15. The number of rotatable bonds is 6. The van der Waals surface area contributed by atoms with Crippen LogP contribution in [0.2, 0.25) is 5.02 Å². The monoisotopic (exact) mass is 405 g/mol. The zero-order chi connectivity index (χ0) is 20.3. The van der Waals surface area contributed by atoms with Crippen molar-refractivity contribution >= 4 is 23.2 Å². The molecule has 0 atom stereocenters. The molecule has 0 bridgehead atoms. The molecule has 146 valence electrons. The minimum Gasteiger partial charge on any atom is -0.435 e. The van der Waals surface area contributed by atoms with Gasteiger partial charge in [0.05, 0.1) is 23.6 Å². The van der Waals surface area contributed by atoms with Crippen molar-refractivity contribution in [2.45, 2.75) is 27.0 Å². The molecule has 0 aliphatic heterocycles. The molecule has 0 unspecified atom stereocenters. The summed E-state index contributed by atoms with van der Waals surface area (Å²) in [6, 6.07) is 13.0. The Kier molecular flexibility index (Phi) is 5.94. The first-order chi connectivity index (χ1) is 13.3. The smallest absolute Gasteiger partial charge is 0.387 e. The maximum absolute atomic E-state index is 12.5. The number of anilines is 1. The molecule has 2 aromatic carbocycles. The number of amides is 1. The summed E-state index contributed by atoms with van der Waals surface area (Å²) in [5, 5.41) is 7.96. The van der Waals surface area contributed by atoms with Gasteiger partial charge in [-0.3, -0.25) is 9.48 Å². The summed E-state index contributed by atoms with van der Waals surface area (Å²) < 4.78 is 30.5. The van der Waals surface area contributed by atoms with E-state index in [0.29, 0.717) is 28.5 Å². The quantitative estimate of drug-likeness (QED) is 0.624. The van der Waals surface area contributed by atoms with Crippen LogP contribution < -0.4 is 10.1 Å². The molecule has 0 fully saturated rings. The first-order valence-corrected chi connectivity index (χ1v) is 8.86. The number of ether oxygens (including phenoxy) is 1. The van der Waals surface area contributed by atoms with Crippen molar-refractivity contribution in [3.8, 4) is 5.75 Å². The molecule has 0 aliphatic carbocycles. The predicted molar refractivity (Wildman–Crippen MR) is 103 cm³/mol. The zero-order valence-electron chi connectivity index (χ0n) is 15.2. The number of alkyl halides is 2. The second-order valence-corrected chi connectivity index (χ2v) is 6.56. The van der Waals surface area contributed by atoms with Crippen LogP contribution in [0.15, 0.2) is 48.5 Å². The highest BCUT2D eigenvalue weighted by atomic mass is 35.5. The van der Waals surface area contributed by atoms with Gasteiger partial charge in [-0.1, -0.05) is 29.8 Å². The van der Waals surface area contributed by atoms with Gasteiger partial charge in [0.15, 0.2) is 0 Å². The molecule has 0 spiro atoms. The molecule has 0 saturated heterocycles. The molecule has 8 heteroatoms. The number of aromatic nitrogens is 2. The van der Waals surface area contributed by atoms with Crippen LogP contribution >= 0.6 is 11.6 Å². The SMILES string of the molecule is Cc1nn(Cc2ccccc2Cl)c(C)c1NC(=O)c1ccc(OC(F)F)cc1. The predicted octanol–water partition coefficient (Wildman–Crippen LogP) is 5.06. The van der Waals surface area contributed by atoms with Gasteiger partial charge in [-0.05, 0) is 49.7 Å². The molecule has 3 aromatic rings. The van der Waals surface area contributed by atoms with Crippen LogP contribution in [0.3, 0.4) is 0 Å². The van der Waals surface area contributed by atoms with E-state index in [4.69, 9.17) is 11.6 Å². The average Bonchev–Trinajstić information content (AvgIpc) is 2.91. The third kappa shape index (κ3) is 4.48. The molecule has 3 rings (SSSR count). The van der Waals surface area contributed by atoms with Crippen molar-refractivity contribution in [1.82, 2.24) is 9.78 Å². The van der Waals surface area contributed by atoms with Gasteiger partial charge in [0.1, 0.15) is 5.75 Å². The molecule has 0 radical (unpaired) electrons. The number of nitrogens with zero attached hydrogens (tertiary/aromatic N) is 2. The van der Waals surface area contributed by atoms with E-state index in [1.807, 2.05) is 31.2 Å². The van der Waals surface area contributed by atoms with E-state index in [-0.39, 0.29) is 11.7 Å². The Labute approximate surface area is 165 Å². The summed E-state index contributed by atoms with van der Waals surface area (Å²) in [5.74, 6) is -0.376. The highest BCUT2D eigenvalue weighted by molar-refractivity contribution is 6.31. The number of halogens is 3. The van der Waals surface area contributed by atoms with Gasteiger partial charge in [-0.15, -0.1) is 0 Å². The lowest BCUT2D eigenvalue weighted by molar-refractivity contribution is -0.0498. The van der Waals surface area contributed by atoms with E-state index >= 15 is 0 Å². The van der Waals surface area contributed by atoms with Gasteiger partial charge in [-0.25, -0.2) is 0 Å². The second kappa shape index (κ2) is 8.39. The largest absolute Gasteiger partial charge is 0.435 e. The Morgan fingerprint density at radius 2 is 1.86 bits per heavy atom. The van der Waals surface area contributed by atoms with Gasteiger partial charge >= 0.3 is 6.61 Å². The van der Waals surface area contributed by atoms with Crippen molar-refractivity contribution in [1.29, 1.82) is 0 Å². The zero-order valence-corrected chi connectivity index (χ0v) is 16.0. The molecule has 1 heterocycles. The van der Waals surface area contributed by atoms with Crippen LogP contribution in [0.5, 0.6) is 5.75 Å². The Bertz CT molecular complexity index is 988. The molecule has 1 N–H and O–H groups in total. The van der Waals surface area contributed by atoms with Crippen molar-refractivity contribution in [2.24, 2.45) is 0 Å². The number of carbonyl (C=O) groups excluding carboxylic acids is 1. The highest BCUT2D eigenvalue weighted by Gasteiger charge is 2.16. The molecular formula is C20H18ClF2N3O2. The van der Waals surface area contributed by atoms with Gasteiger partial charge in [0.25, 0.3) is 5.91 Å². The summed E-state index contributed by atoms with van der Waals surface area (Å²) >= 11 is 6.21. The van der Waals surface area contributed by atoms with E-state index in [2.05, 4.69) is 15.2 Å². The number of carbonyl (C=O) groups is 1. The Morgan fingerprint density at radius 1 is 1.18 bits per heavy atom. The minimum absolute atomic E-state index is 0.00790. The van der Waals surface area contributed by atoms with Crippen LogP contribution in [-0.2, 0) is 6.54 Å². The van der Waals surface area contributed by atoms with Crippen LogP contribution in [0, 0.1) is 13.8 Å². The maximum Gasteiger partial charge on any atom is 0.387 e. The topological polar surface area (TPSA) is 56.2 Å². The fourth-order valence-corrected chi connectivity index (χ4v) is 2.99. The lowest BCUT2D eigenvalue weighted by Crippen LogP contribution is -2.13. The van der Waals surface area contributed by atoms with Crippen LogP contribution in [0.4, 0.5) is 14.5 Å². The number of hydrogen-bond acceptors (Lipinski definition) is 3. The van der Waals surface area contributed by atoms with Crippen LogP contribution in [0.25, 0.3) is 0 Å². The van der Waals surface area contributed by atoms with E-state index < -0.39 is 6.61 Å². The van der Waals surface area contributed by atoms with Gasteiger partial charge in [0, 0.05) is 10.6 Å². The van der Waals surface area contributed by atoms with Crippen molar-refractivity contribution in [3.63, 3.8) is 0 Å². The molecular weight excluding hydrogens is 388 g/mol.